The molecule has 56 heavy (non-hydrogen) atoms. The van der Waals surface area contributed by atoms with Crippen LogP contribution in [0.5, 0.6) is 0 Å². The summed E-state index contributed by atoms with van der Waals surface area (Å²) in [7, 11) is 2.54. The van der Waals surface area contributed by atoms with Gasteiger partial charge in [-0.25, -0.2) is 19.6 Å². The van der Waals surface area contributed by atoms with Crippen LogP contribution in [-0.2, 0) is 19.1 Å². The van der Waals surface area contributed by atoms with Crippen molar-refractivity contribution in [3.8, 4) is 23.1 Å². The highest BCUT2D eigenvalue weighted by atomic mass is 16.5. The zero-order valence-corrected chi connectivity index (χ0v) is 31.0. The topological polar surface area (TPSA) is 175 Å². The molecule has 3 aromatic carbocycles. The minimum atomic E-state index is -0.897. The molecule has 4 heterocycles. The van der Waals surface area contributed by atoms with Gasteiger partial charge in [0.25, 0.3) is 11.8 Å². The average molecular weight is 755 g/mol. The molecule has 4 atom stereocenters. The van der Waals surface area contributed by atoms with Crippen LogP contribution < -0.4 is 10.6 Å². The van der Waals surface area contributed by atoms with E-state index in [1.807, 2.05) is 60.7 Å². The van der Waals surface area contributed by atoms with Crippen molar-refractivity contribution in [1.29, 1.82) is 0 Å². The number of benzene rings is 3. The lowest BCUT2D eigenvalue weighted by Gasteiger charge is -2.28. The monoisotopic (exact) mass is 754 g/mol. The molecule has 14 heteroatoms. The Kier molecular flexibility index (Phi) is 11.4. The smallest absolute Gasteiger partial charge is 0.407 e. The Hall–Kier alpha value is -6.88. The lowest BCUT2D eigenvalue weighted by Crippen LogP contribution is -2.42. The van der Waals surface area contributed by atoms with E-state index in [0.717, 1.165) is 42.5 Å². The molecule has 2 saturated heterocycles. The molecule has 4 N–H and O–H groups in total. The van der Waals surface area contributed by atoms with E-state index in [1.54, 1.807) is 46.5 Å². The summed E-state index contributed by atoms with van der Waals surface area (Å²) < 4.78 is 9.61. The van der Waals surface area contributed by atoms with Crippen molar-refractivity contribution in [1.82, 2.24) is 40.4 Å². The molecule has 0 unspecified atom stereocenters. The number of aromatic nitrogens is 4. The third-order valence-corrected chi connectivity index (χ3v) is 10.1. The van der Waals surface area contributed by atoms with Crippen molar-refractivity contribution in [2.24, 2.45) is 0 Å². The molecule has 2 aliphatic heterocycles. The van der Waals surface area contributed by atoms with Gasteiger partial charge in [-0.1, -0.05) is 78.7 Å². The standard InChI is InChI=1S/C42H42N8O6/c1-55-41(53)47-35(29-11-5-3-6-12-29)39(51)49-23-9-15-33(49)37-43-25-31(45-37)22-19-27-17-20-28(21-18-27)32-26-44-38(46-32)34-16-10-24-50(34)40(52)36(48-42(54)56-2)30-13-7-4-8-14-30/h3-8,11-14,17-18,20-21,25-26,33-36H,9-10,15-16,23-24H2,1-2H3,(H,43,45)(H,44,46)(H,47,53)(H,48,54)/t33-,34-,35-,36+/m0/s1. The Balaban J connectivity index is 1.01. The van der Waals surface area contributed by atoms with Crippen LogP contribution in [-0.4, -0.2) is 81.0 Å². The average Bonchev–Trinajstić information content (AvgIpc) is 4.08. The number of carbonyl (C=O) groups is 4. The molecule has 286 valence electrons. The van der Waals surface area contributed by atoms with Crippen molar-refractivity contribution in [2.75, 3.05) is 27.3 Å². The maximum absolute atomic E-state index is 13.8. The third-order valence-electron chi connectivity index (χ3n) is 10.1. The van der Waals surface area contributed by atoms with Gasteiger partial charge >= 0.3 is 12.2 Å². The molecule has 14 nitrogen and oxygen atoms in total. The molecule has 0 spiro atoms. The van der Waals surface area contributed by atoms with Crippen molar-refractivity contribution < 1.29 is 28.7 Å². The summed E-state index contributed by atoms with van der Waals surface area (Å²) in [5.74, 6) is 7.17. The van der Waals surface area contributed by atoms with Crippen molar-refractivity contribution in [3.05, 3.63) is 131 Å². The molecular formula is C42H42N8O6. The fourth-order valence-corrected chi connectivity index (χ4v) is 7.28. The molecule has 0 radical (unpaired) electrons. The first-order valence-electron chi connectivity index (χ1n) is 18.4. The van der Waals surface area contributed by atoms with E-state index in [4.69, 9.17) is 9.47 Å². The maximum Gasteiger partial charge on any atom is 0.407 e. The Morgan fingerprint density at radius 1 is 0.679 bits per heavy atom. The molecule has 0 aliphatic carbocycles. The minimum Gasteiger partial charge on any atom is -0.453 e. The van der Waals surface area contributed by atoms with Gasteiger partial charge in [-0.2, -0.15) is 0 Å². The van der Waals surface area contributed by atoms with Crippen LogP contribution in [0.1, 0.15) is 83.9 Å². The van der Waals surface area contributed by atoms with E-state index in [1.165, 1.54) is 14.2 Å². The summed E-state index contributed by atoms with van der Waals surface area (Å²) >= 11 is 0. The largest absolute Gasteiger partial charge is 0.453 e. The predicted octanol–water partition coefficient (Wildman–Crippen LogP) is 5.72. The Bertz CT molecular complexity index is 2230. The SMILES string of the molecule is COC(=O)N[C@H](C(=O)N1CCC[C@H]1c1ncc(C#Cc2ccc(-c3cnc([C@@H]4CCCN4C(=O)[C@H](NC(=O)OC)c4ccccc4)[nH]3)cc2)[nH]1)c1ccccc1. The third kappa shape index (κ3) is 8.27. The Morgan fingerprint density at radius 3 is 1.70 bits per heavy atom. The second kappa shape index (κ2) is 17.1. The van der Waals surface area contributed by atoms with Gasteiger partial charge in [0.05, 0.1) is 44.4 Å². The highest BCUT2D eigenvalue weighted by Crippen LogP contribution is 2.35. The normalized spacial score (nSPS) is 17.3. The van der Waals surface area contributed by atoms with Gasteiger partial charge in [0, 0.05) is 18.7 Å². The summed E-state index contributed by atoms with van der Waals surface area (Å²) in [5.41, 5.74) is 4.44. The van der Waals surface area contributed by atoms with Gasteiger partial charge in [0.15, 0.2) is 0 Å². The number of aromatic amines is 2. The molecule has 0 saturated carbocycles. The van der Waals surface area contributed by atoms with E-state index < -0.39 is 24.3 Å². The number of ether oxygens (including phenoxy) is 2. The maximum atomic E-state index is 13.8. The summed E-state index contributed by atoms with van der Waals surface area (Å²) in [4.78, 5) is 71.4. The summed E-state index contributed by atoms with van der Waals surface area (Å²) in [6.07, 6.45) is 5.11. The van der Waals surface area contributed by atoms with Crippen LogP contribution in [0.4, 0.5) is 9.59 Å². The Morgan fingerprint density at radius 2 is 1.18 bits per heavy atom. The number of hydrogen-bond acceptors (Lipinski definition) is 8. The van der Waals surface area contributed by atoms with Crippen LogP contribution in [0.2, 0.25) is 0 Å². The van der Waals surface area contributed by atoms with Crippen molar-refractivity contribution >= 4 is 24.0 Å². The quantitative estimate of drug-likeness (QED) is 0.138. The van der Waals surface area contributed by atoms with Gasteiger partial charge in [-0.05, 0) is 60.4 Å². The summed E-state index contributed by atoms with van der Waals surface area (Å²) in [6, 6.07) is 23.6. The van der Waals surface area contributed by atoms with Gasteiger partial charge in [-0.3, -0.25) is 9.59 Å². The number of carbonyl (C=O) groups excluding carboxylic acids is 4. The van der Waals surface area contributed by atoms with Crippen LogP contribution in [0.25, 0.3) is 11.3 Å². The zero-order chi connectivity index (χ0) is 39.0. The Labute approximate surface area is 324 Å². The molecule has 2 aromatic heterocycles. The van der Waals surface area contributed by atoms with Gasteiger partial charge < -0.3 is 39.9 Å². The molecule has 0 bridgehead atoms. The molecule has 2 fully saturated rings. The van der Waals surface area contributed by atoms with Gasteiger partial charge in [-0.15, -0.1) is 0 Å². The summed E-state index contributed by atoms with van der Waals surface area (Å²) in [5, 5.41) is 5.38. The van der Waals surface area contributed by atoms with E-state index >= 15 is 0 Å². The molecule has 5 aromatic rings. The lowest BCUT2D eigenvalue weighted by atomic mass is 10.1. The molecule has 7 rings (SSSR count). The van der Waals surface area contributed by atoms with Gasteiger partial charge in [0.1, 0.15) is 29.4 Å². The number of imidazole rings is 2. The predicted molar refractivity (Wildman–Crippen MR) is 205 cm³/mol. The van der Waals surface area contributed by atoms with E-state index in [2.05, 4.69) is 42.4 Å². The van der Waals surface area contributed by atoms with Crippen molar-refractivity contribution in [2.45, 2.75) is 49.9 Å². The fraction of sp³-hybridized carbons (Fsp3) is 0.286. The number of methoxy groups -OCH3 is 2. The van der Waals surface area contributed by atoms with Crippen molar-refractivity contribution in [3.63, 3.8) is 0 Å². The highest BCUT2D eigenvalue weighted by molar-refractivity contribution is 5.88. The van der Waals surface area contributed by atoms with E-state index in [9.17, 15) is 19.2 Å². The van der Waals surface area contributed by atoms with E-state index in [-0.39, 0.29) is 23.9 Å². The van der Waals surface area contributed by atoms with Crippen LogP contribution in [0.15, 0.2) is 97.3 Å². The number of H-pyrrole nitrogens is 2. The van der Waals surface area contributed by atoms with E-state index in [0.29, 0.717) is 41.6 Å². The number of likely N-dealkylation sites (tertiary alicyclic amines) is 2. The fourth-order valence-electron chi connectivity index (χ4n) is 7.28. The lowest BCUT2D eigenvalue weighted by molar-refractivity contribution is -0.135. The first kappa shape index (κ1) is 37.4. The second-order valence-corrected chi connectivity index (χ2v) is 13.5. The molecular weight excluding hydrogens is 713 g/mol. The summed E-state index contributed by atoms with van der Waals surface area (Å²) in [6.45, 7) is 1.07. The number of amides is 4. The number of nitrogens with zero attached hydrogens (tertiary/aromatic N) is 4. The zero-order valence-electron chi connectivity index (χ0n) is 31.0. The number of hydrogen-bond donors (Lipinski definition) is 4. The number of alkyl carbamates (subject to hydrolysis) is 2. The van der Waals surface area contributed by atoms with Crippen LogP contribution in [0.3, 0.4) is 0 Å². The van der Waals surface area contributed by atoms with Crippen LogP contribution >= 0.6 is 0 Å². The number of rotatable bonds is 9. The van der Waals surface area contributed by atoms with Crippen LogP contribution in [0, 0.1) is 11.8 Å². The first-order chi connectivity index (χ1) is 27.3. The second-order valence-electron chi connectivity index (χ2n) is 13.5. The van der Waals surface area contributed by atoms with Gasteiger partial charge in [0.2, 0.25) is 0 Å². The highest BCUT2D eigenvalue weighted by Gasteiger charge is 2.38. The molecule has 4 amide bonds. The molecule has 2 aliphatic rings. The minimum absolute atomic E-state index is 0.229. The first-order valence-corrected chi connectivity index (χ1v) is 18.4. The number of nitrogens with one attached hydrogen (secondary N) is 4.